The average molecular weight is 255 g/mol. The predicted octanol–water partition coefficient (Wildman–Crippen LogP) is 1.28. The number of hydrogen-bond acceptors (Lipinski definition) is 5. The number of nitrogens with two attached hydrogens (primary N) is 1. The van der Waals surface area contributed by atoms with Crippen LogP contribution in [0.15, 0.2) is 12.1 Å². The molecule has 18 heavy (non-hydrogen) atoms. The number of aliphatic hydroxyl groups excluding tert-OH is 1. The second-order valence-electron chi connectivity index (χ2n) is 4.34. The summed E-state index contributed by atoms with van der Waals surface area (Å²) in [5, 5.41) is 20.0. The molecule has 3 N–H and O–H groups in total. The molecule has 98 valence electrons. The van der Waals surface area contributed by atoms with Gasteiger partial charge in [-0.1, -0.05) is 0 Å². The Bertz CT molecular complexity index is 473. The summed E-state index contributed by atoms with van der Waals surface area (Å²) in [6.45, 7) is 1.02. The molecule has 0 unspecified atom stereocenters. The molecule has 6 nitrogen and oxygen atoms in total. The molecule has 0 atom stereocenters. The van der Waals surface area contributed by atoms with Crippen LogP contribution in [0.25, 0.3) is 0 Å². The number of aliphatic hydroxyl groups is 1. The number of hydrogen-bond donors (Lipinski definition) is 2. The molecular formula is C11H14FN3O3. The molecule has 1 aliphatic rings. The molecule has 7 heteroatoms. The number of nitro benzene ring substituents is 1. The number of rotatable bonds is 2. The van der Waals surface area contributed by atoms with Gasteiger partial charge in [0.25, 0.3) is 5.69 Å². The minimum atomic E-state index is -0.706. The van der Waals surface area contributed by atoms with Gasteiger partial charge in [0.15, 0.2) is 5.82 Å². The molecule has 0 spiro atoms. The van der Waals surface area contributed by atoms with Crippen LogP contribution in [-0.2, 0) is 0 Å². The van der Waals surface area contributed by atoms with E-state index in [2.05, 4.69) is 0 Å². The Balaban J connectivity index is 2.29. The van der Waals surface area contributed by atoms with Crippen LogP contribution in [0.5, 0.6) is 0 Å². The van der Waals surface area contributed by atoms with Gasteiger partial charge in [0, 0.05) is 13.1 Å². The maximum Gasteiger partial charge on any atom is 0.295 e. The van der Waals surface area contributed by atoms with Crippen LogP contribution < -0.4 is 10.6 Å². The smallest absolute Gasteiger partial charge is 0.295 e. The molecule has 1 fully saturated rings. The maximum atomic E-state index is 13.8. The van der Waals surface area contributed by atoms with E-state index in [1.54, 1.807) is 4.90 Å². The molecule has 1 saturated heterocycles. The minimum Gasteiger partial charge on any atom is -0.393 e. The van der Waals surface area contributed by atoms with Crippen molar-refractivity contribution in [3.63, 3.8) is 0 Å². The second kappa shape index (κ2) is 4.77. The Labute approximate surface area is 103 Å². The number of benzene rings is 1. The standard InChI is InChI=1S/C11H14FN3O3/c12-8-5-11(15(17)18)9(13)6-10(8)14-3-1-7(16)2-4-14/h5-7,16H,1-4,13H2. The van der Waals surface area contributed by atoms with Crippen LogP contribution in [0.1, 0.15) is 12.8 Å². The van der Waals surface area contributed by atoms with Gasteiger partial charge in [-0.2, -0.15) is 0 Å². The highest BCUT2D eigenvalue weighted by molar-refractivity contribution is 5.67. The first-order valence-corrected chi connectivity index (χ1v) is 5.65. The van der Waals surface area contributed by atoms with E-state index in [-0.39, 0.29) is 17.5 Å². The van der Waals surface area contributed by atoms with E-state index in [0.717, 1.165) is 6.07 Å². The van der Waals surface area contributed by atoms with E-state index in [1.165, 1.54) is 6.07 Å². The first kappa shape index (κ1) is 12.6. The molecule has 0 radical (unpaired) electrons. The van der Waals surface area contributed by atoms with Crippen LogP contribution >= 0.6 is 0 Å². The lowest BCUT2D eigenvalue weighted by Crippen LogP contribution is -2.36. The zero-order chi connectivity index (χ0) is 13.3. The van der Waals surface area contributed by atoms with Crippen molar-refractivity contribution in [3.8, 4) is 0 Å². The summed E-state index contributed by atoms with van der Waals surface area (Å²) in [5.74, 6) is -0.660. The van der Waals surface area contributed by atoms with Gasteiger partial charge < -0.3 is 15.7 Å². The third-order valence-electron chi connectivity index (χ3n) is 3.10. The number of nitro groups is 1. The van der Waals surface area contributed by atoms with E-state index in [0.29, 0.717) is 25.9 Å². The fourth-order valence-corrected chi connectivity index (χ4v) is 2.07. The van der Waals surface area contributed by atoms with Crippen LogP contribution in [0.4, 0.5) is 21.5 Å². The zero-order valence-electron chi connectivity index (χ0n) is 9.67. The van der Waals surface area contributed by atoms with Crippen molar-refractivity contribution in [2.24, 2.45) is 0 Å². The fraction of sp³-hybridized carbons (Fsp3) is 0.455. The predicted molar refractivity (Wildman–Crippen MR) is 64.9 cm³/mol. The highest BCUT2D eigenvalue weighted by Gasteiger charge is 2.23. The molecule has 0 aromatic heterocycles. The van der Waals surface area contributed by atoms with Gasteiger partial charge in [-0.3, -0.25) is 10.1 Å². The van der Waals surface area contributed by atoms with E-state index in [1.807, 2.05) is 0 Å². The van der Waals surface area contributed by atoms with Crippen molar-refractivity contribution in [1.82, 2.24) is 0 Å². The Kier molecular flexibility index (Phi) is 3.33. The Morgan fingerprint density at radius 1 is 1.44 bits per heavy atom. The van der Waals surface area contributed by atoms with E-state index in [9.17, 15) is 19.6 Å². The van der Waals surface area contributed by atoms with Crippen LogP contribution in [-0.4, -0.2) is 29.2 Å². The summed E-state index contributed by atoms with van der Waals surface area (Å²) in [4.78, 5) is 11.6. The first-order chi connectivity index (χ1) is 8.49. The monoisotopic (exact) mass is 255 g/mol. The van der Waals surface area contributed by atoms with Crippen LogP contribution in [0.3, 0.4) is 0 Å². The highest BCUT2D eigenvalue weighted by atomic mass is 19.1. The molecule has 1 aromatic carbocycles. The zero-order valence-corrected chi connectivity index (χ0v) is 9.67. The average Bonchev–Trinajstić information content (AvgIpc) is 2.32. The topological polar surface area (TPSA) is 92.6 Å². The van der Waals surface area contributed by atoms with Gasteiger partial charge in [-0.05, 0) is 18.9 Å². The van der Waals surface area contributed by atoms with Gasteiger partial charge in [-0.25, -0.2) is 4.39 Å². The lowest BCUT2D eigenvalue weighted by Gasteiger charge is -2.31. The van der Waals surface area contributed by atoms with Crippen molar-refractivity contribution in [2.75, 3.05) is 23.7 Å². The number of nitrogen functional groups attached to an aromatic ring is 1. The summed E-state index contributed by atoms with van der Waals surface area (Å²) < 4.78 is 13.8. The van der Waals surface area contributed by atoms with Gasteiger partial charge in [0.05, 0.1) is 22.8 Å². The summed E-state index contributed by atoms with van der Waals surface area (Å²) in [6.07, 6.45) is 0.742. The maximum absolute atomic E-state index is 13.8. The third kappa shape index (κ3) is 2.35. The summed E-state index contributed by atoms with van der Waals surface area (Å²) >= 11 is 0. The van der Waals surface area contributed by atoms with Crippen molar-refractivity contribution >= 4 is 17.1 Å². The summed E-state index contributed by atoms with van der Waals surface area (Å²) in [5.41, 5.74) is 5.32. The molecule has 1 heterocycles. The van der Waals surface area contributed by atoms with Crippen molar-refractivity contribution in [1.29, 1.82) is 0 Å². The Morgan fingerprint density at radius 2 is 2.06 bits per heavy atom. The quantitative estimate of drug-likeness (QED) is 0.471. The van der Waals surface area contributed by atoms with Crippen molar-refractivity contribution in [2.45, 2.75) is 18.9 Å². The Morgan fingerprint density at radius 3 is 2.61 bits per heavy atom. The summed E-state index contributed by atoms with van der Waals surface area (Å²) in [7, 11) is 0. The SMILES string of the molecule is Nc1cc(N2CCC(O)CC2)c(F)cc1[N+](=O)[O-]. The first-order valence-electron chi connectivity index (χ1n) is 5.65. The molecule has 0 bridgehead atoms. The van der Waals surface area contributed by atoms with Gasteiger partial charge in [0.2, 0.25) is 0 Å². The lowest BCUT2D eigenvalue weighted by molar-refractivity contribution is -0.384. The normalized spacial score (nSPS) is 16.9. The number of piperidine rings is 1. The molecule has 1 aliphatic heterocycles. The Hall–Kier alpha value is -1.89. The van der Waals surface area contributed by atoms with Gasteiger partial charge >= 0.3 is 0 Å². The number of nitrogens with zero attached hydrogens (tertiary/aromatic N) is 2. The van der Waals surface area contributed by atoms with E-state index >= 15 is 0 Å². The van der Waals surface area contributed by atoms with Crippen LogP contribution in [0.2, 0.25) is 0 Å². The molecule has 0 amide bonds. The summed E-state index contributed by atoms with van der Waals surface area (Å²) in [6, 6.07) is 2.13. The number of halogens is 1. The third-order valence-corrected chi connectivity index (χ3v) is 3.10. The second-order valence-corrected chi connectivity index (χ2v) is 4.34. The molecule has 0 saturated carbocycles. The van der Waals surface area contributed by atoms with E-state index < -0.39 is 16.4 Å². The minimum absolute atomic E-state index is 0.0532. The van der Waals surface area contributed by atoms with Crippen LogP contribution in [0, 0.1) is 15.9 Å². The number of anilines is 2. The van der Waals surface area contributed by atoms with Gasteiger partial charge in [0.1, 0.15) is 5.69 Å². The van der Waals surface area contributed by atoms with E-state index in [4.69, 9.17) is 5.73 Å². The lowest BCUT2D eigenvalue weighted by atomic mass is 10.1. The molecular weight excluding hydrogens is 241 g/mol. The molecule has 2 rings (SSSR count). The molecule has 0 aliphatic carbocycles. The van der Waals surface area contributed by atoms with Crippen molar-refractivity contribution < 1.29 is 14.4 Å². The van der Waals surface area contributed by atoms with Crippen molar-refractivity contribution in [3.05, 3.63) is 28.1 Å². The molecule has 1 aromatic rings. The fourth-order valence-electron chi connectivity index (χ4n) is 2.07. The largest absolute Gasteiger partial charge is 0.393 e. The van der Waals surface area contributed by atoms with Gasteiger partial charge in [-0.15, -0.1) is 0 Å². The highest BCUT2D eigenvalue weighted by Crippen LogP contribution is 2.31.